The van der Waals surface area contributed by atoms with Crippen LogP contribution in [0.3, 0.4) is 0 Å². The molecule has 1 aromatic carbocycles. The molecule has 5 nitrogen and oxygen atoms in total. The van der Waals surface area contributed by atoms with Gasteiger partial charge in [-0.25, -0.2) is 0 Å². The van der Waals surface area contributed by atoms with Crippen molar-refractivity contribution < 1.29 is 27.9 Å². The molecule has 8 heteroatoms. The largest absolute Gasteiger partial charge is 0.416 e. The fourth-order valence-corrected chi connectivity index (χ4v) is 3.92. The summed E-state index contributed by atoms with van der Waals surface area (Å²) in [5.41, 5.74) is -1.74. The third-order valence-corrected chi connectivity index (χ3v) is 5.64. The van der Waals surface area contributed by atoms with Crippen LogP contribution in [0.5, 0.6) is 0 Å². The Morgan fingerprint density at radius 2 is 1.71 bits per heavy atom. The molecule has 3 rings (SSSR count). The van der Waals surface area contributed by atoms with E-state index in [1.165, 1.54) is 18.2 Å². The number of amides is 2. The molecule has 2 heterocycles. The summed E-state index contributed by atoms with van der Waals surface area (Å²) in [5.74, 6) is -0.443. The van der Waals surface area contributed by atoms with E-state index in [-0.39, 0.29) is 30.7 Å². The summed E-state index contributed by atoms with van der Waals surface area (Å²) in [6.45, 7) is 4.84. The molecule has 0 radical (unpaired) electrons. The molecule has 2 saturated heterocycles. The van der Waals surface area contributed by atoms with E-state index < -0.39 is 17.3 Å². The number of hydrogen-bond donors (Lipinski definition) is 1. The predicted molar refractivity (Wildman–Crippen MR) is 96.0 cm³/mol. The van der Waals surface area contributed by atoms with Crippen molar-refractivity contribution >= 4 is 11.8 Å². The summed E-state index contributed by atoms with van der Waals surface area (Å²) < 4.78 is 38.2. The molecular formula is C20H23F3N2O3. The van der Waals surface area contributed by atoms with Crippen LogP contribution in [-0.2, 0) is 21.4 Å². The summed E-state index contributed by atoms with van der Waals surface area (Å²) in [7, 11) is 0. The third-order valence-electron chi connectivity index (χ3n) is 5.64. The van der Waals surface area contributed by atoms with Crippen molar-refractivity contribution in [3.63, 3.8) is 0 Å². The van der Waals surface area contributed by atoms with Crippen molar-refractivity contribution in [3.05, 3.63) is 48.0 Å². The molecule has 0 bridgehead atoms. The number of likely N-dealkylation sites (tertiary alicyclic amines) is 2. The van der Waals surface area contributed by atoms with Crippen LogP contribution in [0.4, 0.5) is 13.2 Å². The van der Waals surface area contributed by atoms with E-state index in [9.17, 15) is 27.9 Å². The van der Waals surface area contributed by atoms with Crippen LogP contribution in [0.15, 0.2) is 36.9 Å². The fourth-order valence-electron chi connectivity index (χ4n) is 3.92. The lowest BCUT2D eigenvalue weighted by molar-refractivity contribution is -0.139. The maximum atomic E-state index is 12.8. The number of hydrogen-bond acceptors (Lipinski definition) is 3. The number of nitrogens with zero attached hydrogens (tertiary/aromatic N) is 2. The van der Waals surface area contributed by atoms with Gasteiger partial charge in [-0.05, 0) is 43.0 Å². The molecule has 0 spiro atoms. The van der Waals surface area contributed by atoms with Gasteiger partial charge in [0.1, 0.15) is 5.60 Å². The molecule has 1 unspecified atom stereocenters. The average molecular weight is 396 g/mol. The standard InChI is InChI=1S/C20H23F3N2O3/c1-2-17(26)24-10-7-14(8-11-24)18(27)25-12-9-19(28,13-25)15-3-5-16(6-4-15)20(21,22)23/h2-6,14,28H,1,7-13H2. The minimum atomic E-state index is -4.43. The van der Waals surface area contributed by atoms with Crippen molar-refractivity contribution in [2.45, 2.75) is 31.0 Å². The van der Waals surface area contributed by atoms with Crippen molar-refractivity contribution in [2.24, 2.45) is 5.92 Å². The molecule has 0 saturated carbocycles. The molecular weight excluding hydrogens is 373 g/mol. The van der Waals surface area contributed by atoms with E-state index in [1.54, 1.807) is 9.80 Å². The van der Waals surface area contributed by atoms with Gasteiger partial charge in [-0.15, -0.1) is 0 Å². The maximum Gasteiger partial charge on any atom is 0.416 e. The predicted octanol–water partition coefficient (Wildman–Crippen LogP) is 2.55. The number of alkyl halides is 3. The number of carbonyl (C=O) groups is 2. The van der Waals surface area contributed by atoms with Gasteiger partial charge in [0.15, 0.2) is 0 Å². The van der Waals surface area contributed by atoms with E-state index in [4.69, 9.17) is 0 Å². The Balaban J connectivity index is 1.62. The second-order valence-electron chi connectivity index (χ2n) is 7.42. The number of rotatable bonds is 3. The van der Waals surface area contributed by atoms with E-state index in [0.29, 0.717) is 38.0 Å². The lowest BCUT2D eigenvalue weighted by Crippen LogP contribution is -2.44. The summed E-state index contributed by atoms with van der Waals surface area (Å²) in [4.78, 5) is 27.7. The molecule has 1 N–H and O–H groups in total. The number of halogens is 3. The van der Waals surface area contributed by atoms with Gasteiger partial charge in [0.05, 0.1) is 12.1 Å². The summed E-state index contributed by atoms with van der Waals surface area (Å²) in [5, 5.41) is 10.9. The van der Waals surface area contributed by atoms with Gasteiger partial charge < -0.3 is 14.9 Å². The Morgan fingerprint density at radius 1 is 1.11 bits per heavy atom. The maximum absolute atomic E-state index is 12.8. The van der Waals surface area contributed by atoms with Gasteiger partial charge in [0.25, 0.3) is 0 Å². The number of piperidine rings is 1. The number of β-amino-alcohol motifs (C(OH)–C–C–N with tert-alkyl or cyclic N) is 1. The zero-order valence-electron chi connectivity index (χ0n) is 15.4. The minimum absolute atomic E-state index is 0.0585. The molecule has 1 aromatic rings. The highest BCUT2D eigenvalue weighted by Crippen LogP contribution is 2.36. The highest BCUT2D eigenvalue weighted by atomic mass is 19.4. The molecule has 0 aromatic heterocycles. The van der Waals surface area contributed by atoms with Crippen LogP contribution in [0, 0.1) is 5.92 Å². The van der Waals surface area contributed by atoms with Gasteiger partial charge in [0.2, 0.25) is 11.8 Å². The summed E-state index contributed by atoms with van der Waals surface area (Å²) >= 11 is 0. The molecule has 2 aliphatic rings. The molecule has 0 aliphatic carbocycles. The molecule has 2 aliphatic heterocycles. The van der Waals surface area contributed by atoms with E-state index >= 15 is 0 Å². The quantitative estimate of drug-likeness (QED) is 0.799. The van der Waals surface area contributed by atoms with Crippen LogP contribution in [0.25, 0.3) is 0 Å². The van der Waals surface area contributed by atoms with Crippen LogP contribution in [0.2, 0.25) is 0 Å². The van der Waals surface area contributed by atoms with Gasteiger partial charge in [0, 0.05) is 25.6 Å². The topological polar surface area (TPSA) is 60.9 Å². The lowest BCUT2D eigenvalue weighted by atomic mass is 9.92. The van der Waals surface area contributed by atoms with Crippen molar-refractivity contribution in [1.82, 2.24) is 9.80 Å². The Kier molecular flexibility index (Phi) is 5.52. The third kappa shape index (κ3) is 4.06. The smallest absolute Gasteiger partial charge is 0.383 e. The number of benzene rings is 1. The molecule has 28 heavy (non-hydrogen) atoms. The fraction of sp³-hybridized carbons (Fsp3) is 0.500. The molecule has 2 amide bonds. The minimum Gasteiger partial charge on any atom is -0.383 e. The summed E-state index contributed by atoms with van der Waals surface area (Å²) in [6.07, 6.45) is -1.80. The van der Waals surface area contributed by atoms with Crippen LogP contribution < -0.4 is 0 Å². The van der Waals surface area contributed by atoms with Crippen molar-refractivity contribution in [3.8, 4) is 0 Å². The van der Waals surface area contributed by atoms with Crippen LogP contribution in [0.1, 0.15) is 30.4 Å². The first-order valence-corrected chi connectivity index (χ1v) is 9.24. The van der Waals surface area contributed by atoms with Gasteiger partial charge in [-0.2, -0.15) is 13.2 Å². The van der Waals surface area contributed by atoms with Crippen LogP contribution >= 0.6 is 0 Å². The molecule has 1 atom stereocenters. The average Bonchev–Trinajstić information content (AvgIpc) is 3.10. The van der Waals surface area contributed by atoms with Gasteiger partial charge >= 0.3 is 6.18 Å². The summed E-state index contributed by atoms with van der Waals surface area (Å²) in [6, 6.07) is 4.45. The normalized spacial score (nSPS) is 23.7. The first kappa shape index (κ1) is 20.4. The van der Waals surface area contributed by atoms with Crippen molar-refractivity contribution in [2.75, 3.05) is 26.2 Å². The van der Waals surface area contributed by atoms with Gasteiger partial charge in [-0.1, -0.05) is 18.7 Å². The second kappa shape index (κ2) is 7.58. The van der Waals surface area contributed by atoms with E-state index in [1.807, 2.05) is 0 Å². The number of carbonyl (C=O) groups excluding carboxylic acids is 2. The highest BCUT2D eigenvalue weighted by Gasteiger charge is 2.42. The Labute approximate surface area is 161 Å². The highest BCUT2D eigenvalue weighted by molar-refractivity contribution is 5.87. The zero-order chi connectivity index (χ0) is 20.5. The molecule has 2 fully saturated rings. The monoisotopic (exact) mass is 396 g/mol. The van der Waals surface area contributed by atoms with Gasteiger partial charge in [-0.3, -0.25) is 9.59 Å². The Morgan fingerprint density at radius 3 is 2.25 bits per heavy atom. The van der Waals surface area contributed by atoms with E-state index in [2.05, 4.69) is 6.58 Å². The molecule has 152 valence electrons. The first-order valence-electron chi connectivity index (χ1n) is 9.24. The zero-order valence-corrected chi connectivity index (χ0v) is 15.4. The SMILES string of the molecule is C=CC(=O)N1CCC(C(=O)N2CCC(O)(c3ccc(C(F)(F)F)cc3)C2)CC1. The number of aliphatic hydroxyl groups is 1. The first-order chi connectivity index (χ1) is 13.1. The van der Waals surface area contributed by atoms with E-state index in [0.717, 1.165) is 12.1 Å². The Hall–Kier alpha value is -2.35. The van der Waals surface area contributed by atoms with Crippen LogP contribution in [-0.4, -0.2) is 52.9 Å². The second-order valence-corrected chi connectivity index (χ2v) is 7.42. The Bertz CT molecular complexity index is 755. The van der Waals surface area contributed by atoms with Crippen molar-refractivity contribution in [1.29, 1.82) is 0 Å². The lowest BCUT2D eigenvalue weighted by Gasteiger charge is -2.33.